The minimum atomic E-state index is -3.37. The summed E-state index contributed by atoms with van der Waals surface area (Å²) in [5, 5.41) is 9.64. The minimum Gasteiger partial charge on any atom is -0.347 e. The zero-order valence-corrected chi connectivity index (χ0v) is 14.1. The van der Waals surface area contributed by atoms with Gasteiger partial charge in [-0.25, -0.2) is 13.4 Å². The van der Waals surface area contributed by atoms with Crippen molar-refractivity contribution in [3.8, 4) is 11.4 Å². The molecule has 0 bridgehead atoms. The SMILES string of the molecule is CS(=O)(=O)N1CCC[C@H]1C(=O)NCc1nc(-c2ccccc2)n[nH]1. The number of H-pyrrole nitrogens is 1. The van der Waals surface area contributed by atoms with E-state index in [0.717, 1.165) is 11.8 Å². The molecule has 8 nitrogen and oxygen atoms in total. The molecule has 1 fully saturated rings. The highest BCUT2D eigenvalue weighted by Gasteiger charge is 2.36. The molecule has 2 heterocycles. The lowest BCUT2D eigenvalue weighted by Gasteiger charge is -2.20. The van der Waals surface area contributed by atoms with Gasteiger partial charge in [0.25, 0.3) is 0 Å². The van der Waals surface area contributed by atoms with Gasteiger partial charge in [0, 0.05) is 12.1 Å². The predicted octanol–water partition coefficient (Wildman–Crippen LogP) is 0.512. The number of aromatic amines is 1. The maximum Gasteiger partial charge on any atom is 0.238 e. The zero-order valence-electron chi connectivity index (χ0n) is 13.3. The number of nitrogens with one attached hydrogen (secondary N) is 2. The van der Waals surface area contributed by atoms with Crippen LogP contribution in [0.1, 0.15) is 18.7 Å². The number of hydrogen-bond donors (Lipinski definition) is 2. The number of rotatable bonds is 5. The van der Waals surface area contributed by atoms with Crippen molar-refractivity contribution in [2.75, 3.05) is 12.8 Å². The summed E-state index contributed by atoms with van der Waals surface area (Å²) in [5.74, 6) is 0.764. The van der Waals surface area contributed by atoms with E-state index in [0.29, 0.717) is 31.0 Å². The number of nitrogens with zero attached hydrogens (tertiary/aromatic N) is 3. The standard InChI is InChI=1S/C15H19N5O3S/c1-24(22,23)20-9-5-8-12(20)15(21)16-10-13-17-14(19-18-13)11-6-3-2-4-7-11/h2-4,6-7,12H,5,8-10H2,1H3,(H,16,21)(H,17,18,19)/t12-/m0/s1. The number of hydrogen-bond acceptors (Lipinski definition) is 5. The molecule has 1 amide bonds. The van der Waals surface area contributed by atoms with Crippen LogP contribution in [0.2, 0.25) is 0 Å². The molecular formula is C15H19N5O3S. The Kier molecular flexibility index (Phi) is 4.63. The highest BCUT2D eigenvalue weighted by Crippen LogP contribution is 2.20. The van der Waals surface area contributed by atoms with Gasteiger partial charge in [-0.3, -0.25) is 9.89 Å². The van der Waals surface area contributed by atoms with Gasteiger partial charge in [0.2, 0.25) is 15.9 Å². The molecule has 3 rings (SSSR count). The van der Waals surface area contributed by atoms with Gasteiger partial charge in [0.15, 0.2) is 5.82 Å². The number of sulfonamides is 1. The summed E-state index contributed by atoms with van der Waals surface area (Å²) in [5.41, 5.74) is 0.880. The lowest BCUT2D eigenvalue weighted by Crippen LogP contribution is -2.45. The lowest BCUT2D eigenvalue weighted by atomic mass is 10.2. The third-order valence-corrected chi connectivity index (χ3v) is 5.22. The van der Waals surface area contributed by atoms with Crippen LogP contribution in [0.25, 0.3) is 11.4 Å². The maximum absolute atomic E-state index is 12.3. The second kappa shape index (κ2) is 6.70. The number of carbonyl (C=O) groups excluding carboxylic acids is 1. The zero-order chi connectivity index (χ0) is 17.2. The Balaban J connectivity index is 1.62. The van der Waals surface area contributed by atoms with Crippen LogP contribution in [-0.2, 0) is 21.4 Å². The fourth-order valence-electron chi connectivity index (χ4n) is 2.78. The first kappa shape index (κ1) is 16.6. The summed E-state index contributed by atoms with van der Waals surface area (Å²) in [6.07, 6.45) is 2.34. The Hall–Kier alpha value is -2.26. The summed E-state index contributed by atoms with van der Waals surface area (Å²) in [6.45, 7) is 0.560. The molecule has 0 spiro atoms. The monoisotopic (exact) mass is 349 g/mol. The van der Waals surface area contributed by atoms with Gasteiger partial charge in [0.1, 0.15) is 11.9 Å². The maximum atomic E-state index is 12.3. The van der Waals surface area contributed by atoms with Crippen LogP contribution in [-0.4, -0.2) is 52.7 Å². The highest BCUT2D eigenvalue weighted by molar-refractivity contribution is 7.88. The summed E-state index contributed by atoms with van der Waals surface area (Å²) in [4.78, 5) is 16.6. The van der Waals surface area contributed by atoms with Gasteiger partial charge >= 0.3 is 0 Å². The van der Waals surface area contributed by atoms with E-state index < -0.39 is 16.1 Å². The smallest absolute Gasteiger partial charge is 0.238 e. The van der Waals surface area contributed by atoms with Crippen LogP contribution in [0.5, 0.6) is 0 Å². The van der Waals surface area contributed by atoms with E-state index in [2.05, 4.69) is 20.5 Å². The fraction of sp³-hybridized carbons (Fsp3) is 0.400. The lowest BCUT2D eigenvalue weighted by molar-refractivity contribution is -0.124. The van der Waals surface area contributed by atoms with E-state index in [1.165, 1.54) is 4.31 Å². The average Bonchev–Trinajstić information content (AvgIpc) is 3.22. The second-order valence-electron chi connectivity index (χ2n) is 5.72. The molecule has 9 heteroatoms. The van der Waals surface area contributed by atoms with Gasteiger partial charge in [0.05, 0.1) is 12.8 Å². The molecule has 0 aliphatic carbocycles. The number of amides is 1. The molecule has 0 unspecified atom stereocenters. The summed E-state index contributed by atoms with van der Waals surface area (Å²) >= 11 is 0. The number of aromatic nitrogens is 3. The van der Waals surface area contributed by atoms with Crippen LogP contribution in [0.3, 0.4) is 0 Å². The van der Waals surface area contributed by atoms with Crippen molar-refractivity contribution in [1.29, 1.82) is 0 Å². The third-order valence-electron chi connectivity index (χ3n) is 3.93. The molecule has 1 saturated heterocycles. The van der Waals surface area contributed by atoms with Crippen molar-refractivity contribution in [2.24, 2.45) is 0 Å². The molecule has 24 heavy (non-hydrogen) atoms. The van der Waals surface area contributed by atoms with E-state index in [1.54, 1.807) is 0 Å². The van der Waals surface area contributed by atoms with Crippen molar-refractivity contribution >= 4 is 15.9 Å². The number of carbonyl (C=O) groups is 1. The van der Waals surface area contributed by atoms with Crippen molar-refractivity contribution < 1.29 is 13.2 Å². The largest absolute Gasteiger partial charge is 0.347 e. The van der Waals surface area contributed by atoms with E-state index in [4.69, 9.17) is 0 Å². The van der Waals surface area contributed by atoms with Gasteiger partial charge in [-0.05, 0) is 12.8 Å². The average molecular weight is 349 g/mol. The fourth-order valence-corrected chi connectivity index (χ4v) is 3.90. The Morgan fingerprint density at radius 3 is 2.83 bits per heavy atom. The van der Waals surface area contributed by atoms with Crippen molar-refractivity contribution in [1.82, 2.24) is 24.8 Å². The van der Waals surface area contributed by atoms with E-state index in [9.17, 15) is 13.2 Å². The molecule has 0 saturated carbocycles. The molecular weight excluding hydrogens is 330 g/mol. The van der Waals surface area contributed by atoms with Crippen molar-refractivity contribution in [3.63, 3.8) is 0 Å². The molecule has 1 aromatic heterocycles. The van der Waals surface area contributed by atoms with Crippen LogP contribution >= 0.6 is 0 Å². The van der Waals surface area contributed by atoms with Crippen LogP contribution in [0, 0.1) is 0 Å². The van der Waals surface area contributed by atoms with Crippen molar-refractivity contribution in [2.45, 2.75) is 25.4 Å². The predicted molar refractivity (Wildman–Crippen MR) is 88.2 cm³/mol. The van der Waals surface area contributed by atoms with E-state index in [-0.39, 0.29) is 12.5 Å². The topological polar surface area (TPSA) is 108 Å². The van der Waals surface area contributed by atoms with Crippen molar-refractivity contribution in [3.05, 3.63) is 36.2 Å². The molecule has 0 radical (unpaired) electrons. The van der Waals surface area contributed by atoms with Crippen LogP contribution in [0.15, 0.2) is 30.3 Å². The highest BCUT2D eigenvalue weighted by atomic mass is 32.2. The molecule has 128 valence electrons. The molecule has 1 aliphatic heterocycles. The van der Waals surface area contributed by atoms with E-state index in [1.807, 2.05) is 30.3 Å². The van der Waals surface area contributed by atoms with Crippen LogP contribution in [0.4, 0.5) is 0 Å². The first-order valence-corrected chi connectivity index (χ1v) is 9.51. The van der Waals surface area contributed by atoms with Gasteiger partial charge in [-0.2, -0.15) is 9.40 Å². The Morgan fingerprint density at radius 1 is 1.38 bits per heavy atom. The third kappa shape index (κ3) is 3.62. The Labute approximate surface area is 140 Å². The summed E-state index contributed by atoms with van der Waals surface area (Å²) in [6, 6.07) is 8.85. The van der Waals surface area contributed by atoms with Crippen LogP contribution < -0.4 is 5.32 Å². The molecule has 2 aromatic rings. The van der Waals surface area contributed by atoms with Gasteiger partial charge in [-0.15, -0.1) is 0 Å². The number of benzene rings is 1. The summed E-state index contributed by atoms with van der Waals surface area (Å²) < 4.78 is 24.6. The molecule has 1 atom stereocenters. The Bertz CT molecular complexity index is 819. The second-order valence-corrected chi connectivity index (χ2v) is 7.66. The normalized spacial score (nSPS) is 18.6. The van der Waals surface area contributed by atoms with E-state index >= 15 is 0 Å². The Morgan fingerprint density at radius 2 is 2.12 bits per heavy atom. The molecule has 1 aromatic carbocycles. The molecule has 2 N–H and O–H groups in total. The minimum absolute atomic E-state index is 0.173. The summed E-state index contributed by atoms with van der Waals surface area (Å²) in [7, 11) is -3.37. The first-order valence-electron chi connectivity index (χ1n) is 7.66. The van der Waals surface area contributed by atoms with Gasteiger partial charge < -0.3 is 5.32 Å². The first-order chi connectivity index (χ1) is 11.4. The quantitative estimate of drug-likeness (QED) is 0.818. The molecule has 1 aliphatic rings. The van der Waals surface area contributed by atoms with Gasteiger partial charge in [-0.1, -0.05) is 30.3 Å².